The molecule has 212 valence electrons. The molecule has 2 aliphatic carbocycles. The molecule has 0 saturated heterocycles. The molecular weight excluding hydrogens is 556 g/mol. The van der Waals surface area contributed by atoms with E-state index < -0.39 is 5.41 Å². The van der Waals surface area contributed by atoms with E-state index in [1.54, 1.807) is 0 Å². The number of rotatable bonds is 1. The Hall–Kier alpha value is -5.92. The Kier molecular flexibility index (Phi) is 4.57. The first kappa shape index (κ1) is 24.4. The van der Waals surface area contributed by atoms with Crippen LogP contribution in [0.25, 0.3) is 76.9 Å². The molecule has 0 aliphatic heterocycles. The van der Waals surface area contributed by atoms with Crippen molar-refractivity contribution >= 4 is 43.5 Å². The Labute approximate surface area is 266 Å². The van der Waals surface area contributed by atoms with Crippen molar-refractivity contribution in [3.63, 3.8) is 0 Å². The maximum atomic E-state index is 6.71. The third kappa shape index (κ3) is 2.87. The van der Waals surface area contributed by atoms with Crippen molar-refractivity contribution in [3.8, 4) is 33.4 Å². The number of fused-ring (bicyclic) bond motifs is 13. The van der Waals surface area contributed by atoms with E-state index in [0.717, 1.165) is 27.5 Å². The monoisotopic (exact) mass is 582 g/mol. The number of furan rings is 1. The summed E-state index contributed by atoms with van der Waals surface area (Å²) >= 11 is 0. The average Bonchev–Trinajstić information content (AvgIpc) is 3.63. The molecule has 0 saturated carbocycles. The summed E-state index contributed by atoms with van der Waals surface area (Å²) in [7, 11) is 0. The summed E-state index contributed by atoms with van der Waals surface area (Å²) in [4.78, 5) is 0. The van der Waals surface area contributed by atoms with E-state index in [0.29, 0.717) is 0 Å². The Bertz CT molecular complexity index is 2760. The van der Waals surface area contributed by atoms with Crippen LogP contribution >= 0.6 is 0 Å². The van der Waals surface area contributed by atoms with E-state index in [2.05, 4.69) is 158 Å². The molecule has 1 unspecified atom stereocenters. The molecule has 46 heavy (non-hydrogen) atoms. The number of hydrogen-bond donors (Lipinski definition) is 0. The molecule has 2 aliphatic rings. The van der Waals surface area contributed by atoms with Gasteiger partial charge in [0, 0.05) is 16.3 Å². The van der Waals surface area contributed by atoms with Crippen molar-refractivity contribution in [2.45, 2.75) is 5.41 Å². The van der Waals surface area contributed by atoms with Crippen LogP contribution in [0, 0.1) is 0 Å². The predicted octanol–water partition coefficient (Wildman–Crippen LogP) is 11.9. The Morgan fingerprint density at radius 3 is 1.85 bits per heavy atom. The van der Waals surface area contributed by atoms with E-state index in [9.17, 15) is 0 Å². The molecule has 1 atom stereocenters. The molecule has 8 aromatic carbocycles. The summed E-state index contributed by atoms with van der Waals surface area (Å²) in [6.07, 6.45) is 0. The van der Waals surface area contributed by atoms with Crippen LogP contribution in [0.5, 0.6) is 0 Å². The molecule has 0 radical (unpaired) electrons. The van der Waals surface area contributed by atoms with Gasteiger partial charge in [0.1, 0.15) is 11.2 Å². The van der Waals surface area contributed by atoms with Crippen LogP contribution in [0.2, 0.25) is 0 Å². The van der Waals surface area contributed by atoms with Gasteiger partial charge in [-0.15, -0.1) is 0 Å². The highest BCUT2D eigenvalue weighted by Crippen LogP contribution is 2.62. The van der Waals surface area contributed by atoms with Crippen molar-refractivity contribution in [2.24, 2.45) is 0 Å². The van der Waals surface area contributed by atoms with Gasteiger partial charge in [0.2, 0.25) is 0 Å². The van der Waals surface area contributed by atoms with Gasteiger partial charge in [0.25, 0.3) is 0 Å². The van der Waals surface area contributed by atoms with Gasteiger partial charge in [-0.2, -0.15) is 0 Å². The smallest absolute Gasteiger partial charge is 0.143 e. The maximum Gasteiger partial charge on any atom is 0.143 e. The van der Waals surface area contributed by atoms with Gasteiger partial charge >= 0.3 is 0 Å². The second kappa shape index (κ2) is 8.62. The van der Waals surface area contributed by atoms with Crippen molar-refractivity contribution in [3.05, 3.63) is 180 Å². The minimum Gasteiger partial charge on any atom is -0.455 e. The first-order valence-corrected chi connectivity index (χ1v) is 16.0. The van der Waals surface area contributed by atoms with Crippen molar-refractivity contribution in [1.29, 1.82) is 0 Å². The van der Waals surface area contributed by atoms with E-state index in [4.69, 9.17) is 4.42 Å². The normalized spacial score (nSPS) is 15.9. The number of hydrogen-bond acceptors (Lipinski definition) is 1. The number of benzene rings is 8. The first-order valence-electron chi connectivity index (χ1n) is 16.0. The van der Waals surface area contributed by atoms with Gasteiger partial charge in [0.15, 0.2) is 0 Å². The van der Waals surface area contributed by atoms with Gasteiger partial charge < -0.3 is 4.42 Å². The molecule has 0 amide bonds. The minimum atomic E-state index is -0.454. The van der Waals surface area contributed by atoms with Gasteiger partial charge in [-0.25, -0.2) is 0 Å². The Morgan fingerprint density at radius 1 is 0.391 bits per heavy atom. The molecule has 1 spiro atoms. The summed E-state index contributed by atoms with van der Waals surface area (Å²) < 4.78 is 6.71. The molecule has 1 nitrogen and oxygen atoms in total. The molecule has 1 aromatic heterocycles. The summed E-state index contributed by atoms with van der Waals surface area (Å²) in [5.74, 6) is 0. The molecule has 9 aromatic rings. The standard InChI is InChI=1S/C45H26O/c1-2-14-30-28(11-1)25-36-34-17-5-8-22-41(34)46-44(36)43(30)29-23-24-33-31-15-3-6-19-37(31)45(40(33)26-29)38-20-7-4-16-32(38)35-18-9-12-27-13-10-21-39(45)42(27)35/h1-26H. The fourth-order valence-electron chi connectivity index (χ4n) is 8.89. The topological polar surface area (TPSA) is 13.1 Å². The Balaban J connectivity index is 1.32. The lowest BCUT2D eigenvalue weighted by Crippen LogP contribution is -2.31. The largest absolute Gasteiger partial charge is 0.455 e. The van der Waals surface area contributed by atoms with Crippen LogP contribution in [0.1, 0.15) is 22.3 Å². The van der Waals surface area contributed by atoms with E-state index in [1.807, 2.05) is 0 Å². The van der Waals surface area contributed by atoms with Crippen LogP contribution < -0.4 is 0 Å². The van der Waals surface area contributed by atoms with E-state index >= 15 is 0 Å². The van der Waals surface area contributed by atoms with Crippen molar-refractivity contribution in [1.82, 2.24) is 0 Å². The molecule has 0 bridgehead atoms. The average molecular weight is 583 g/mol. The van der Waals surface area contributed by atoms with Crippen molar-refractivity contribution in [2.75, 3.05) is 0 Å². The minimum absolute atomic E-state index is 0.454. The molecule has 0 fully saturated rings. The quantitative estimate of drug-likeness (QED) is 0.188. The van der Waals surface area contributed by atoms with E-state index in [-0.39, 0.29) is 0 Å². The summed E-state index contributed by atoms with van der Waals surface area (Å²) in [6.45, 7) is 0. The fraction of sp³-hybridized carbons (Fsp3) is 0.0222. The first-order chi connectivity index (χ1) is 22.8. The third-order valence-corrected chi connectivity index (χ3v) is 10.7. The summed E-state index contributed by atoms with van der Waals surface area (Å²) in [5.41, 5.74) is 14.4. The van der Waals surface area contributed by atoms with Gasteiger partial charge in [0.05, 0.1) is 5.41 Å². The van der Waals surface area contributed by atoms with Crippen molar-refractivity contribution < 1.29 is 4.42 Å². The fourth-order valence-corrected chi connectivity index (χ4v) is 8.89. The number of para-hydroxylation sites is 1. The highest BCUT2D eigenvalue weighted by molar-refractivity contribution is 6.18. The third-order valence-electron chi connectivity index (χ3n) is 10.7. The molecule has 1 heteroatoms. The van der Waals surface area contributed by atoms with Crippen LogP contribution in [-0.2, 0) is 5.41 Å². The van der Waals surface area contributed by atoms with Crippen LogP contribution in [0.3, 0.4) is 0 Å². The van der Waals surface area contributed by atoms with Gasteiger partial charge in [-0.3, -0.25) is 0 Å². The van der Waals surface area contributed by atoms with Gasteiger partial charge in [-0.1, -0.05) is 140 Å². The van der Waals surface area contributed by atoms with E-state index in [1.165, 1.54) is 71.6 Å². The second-order valence-corrected chi connectivity index (χ2v) is 12.8. The van der Waals surface area contributed by atoms with Crippen LogP contribution in [0.4, 0.5) is 0 Å². The zero-order valence-electron chi connectivity index (χ0n) is 24.9. The lowest BCUT2D eigenvalue weighted by Gasteiger charge is -2.40. The highest BCUT2D eigenvalue weighted by atomic mass is 16.3. The van der Waals surface area contributed by atoms with Crippen LogP contribution in [-0.4, -0.2) is 0 Å². The zero-order chi connectivity index (χ0) is 30.0. The predicted molar refractivity (Wildman–Crippen MR) is 190 cm³/mol. The molecule has 0 N–H and O–H groups in total. The summed E-state index contributed by atoms with van der Waals surface area (Å²) in [5, 5.41) is 7.36. The molecule has 1 heterocycles. The van der Waals surface area contributed by atoms with Gasteiger partial charge in [-0.05, 0) is 89.8 Å². The second-order valence-electron chi connectivity index (χ2n) is 12.8. The SMILES string of the molecule is c1ccc2c(c1)-c1ccc(-c3c4ccccc4cc4c3oc3ccccc34)cc1C21c2ccccc2-c2cccc3cccc1c23. The van der Waals surface area contributed by atoms with Crippen LogP contribution in [0.15, 0.2) is 162 Å². The lowest BCUT2D eigenvalue weighted by molar-refractivity contribution is 0.670. The maximum absolute atomic E-state index is 6.71. The highest BCUT2D eigenvalue weighted by Gasteiger charge is 2.50. The summed E-state index contributed by atoms with van der Waals surface area (Å²) in [6, 6.07) is 58.3. The Morgan fingerprint density at radius 2 is 1.00 bits per heavy atom. The zero-order valence-corrected chi connectivity index (χ0v) is 24.9. The molecular formula is C45H26O. The lowest BCUT2D eigenvalue weighted by atomic mass is 9.61. The molecule has 11 rings (SSSR count).